The van der Waals surface area contributed by atoms with Gasteiger partial charge in [-0.05, 0) is 6.92 Å². The Morgan fingerprint density at radius 1 is 1.28 bits per heavy atom. The summed E-state index contributed by atoms with van der Waals surface area (Å²) < 4.78 is 5.92. The molecule has 0 saturated carbocycles. The number of thioether (sulfide) groups is 1. The van der Waals surface area contributed by atoms with Crippen molar-refractivity contribution < 1.29 is 9.53 Å². The first-order chi connectivity index (χ1) is 12.2. The lowest BCUT2D eigenvalue weighted by molar-refractivity contribution is -0.118. The number of nitrogens with one attached hydrogen (secondary N) is 1. The lowest BCUT2D eigenvalue weighted by Crippen LogP contribution is -2.28. The van der Waals surface area contributed by atoms with E-state index in [4.69, 9.17) is 4.74 Å². The van der Waals surface area contributed by atoms with Crippen molar-refractivity contribution >= 4 is 39.2 Å². The van der Waals surface area contributed by atoms with Crippen molar-refractivity contribution in [3.8, 4) is 11.3 Å². The third-order valence-electron chi connectivity index (χ3n) is 3.41. The van der Waals surface area contributed by atoms with Crippen molar-refractivity contribution in [3.63, 3.8) is 0 Å². The second-order valence-corrected chi connectivity index (χ2v) is 7.43. The third kappa shape index (κ3) is 4.33. The van der Waals surface area contributed by atoms with Gasteiger partial charge in [0.2, 0.25) is 5.91 Å². The normalized spacial score (nSPS) is 11.0. The van der Waals surface area contributed by atoms with Crippen LogP contribution in [0.25, 0.3) is 21.5 Å². The molecule has 3 aromatic rings. The van der Waals surface area contributed by atoms with E-state index in [9.17, 15) is 4.79 Å². The number of ether oxygens (including phenoxy) is 1. The number of rotatable bonds is 7. The Kier molecular flexibility index (Phi) is 5.95. The zero-order valence-corrected chi connectivity index (χ0v) is 15.6. The molecule has 8 heteroatoms. The fourth-order valence-electron chi connectivity index (χ4n) is 2.28. The molecule has 2 aromatic heterocycles. The molecule has 25 heavy (non-hydrogen) atoms. The van der Waals surface area contributed by atoms with Gasteiger partial charge < -0.3 is 10.1 Å². The Morgan fingerprint density at radius 2 is 2.08 bits per heavy atom. The minimum atomic E-state index is -0.0592. The van der Waals surface area contributed by atoms with Crippen molar-refractivity contribution in [2.45, 2.75) is 11.9 Å². The first-order valence-corrected chi connectivity index (χ1v) is 9.57. The number of aryl methyl sites for hydroxylation is 1. The van der Waals surface area contributed by atoms with Gasteiger partial charge in [0.1, 0.15) is 16.2 Å². The molecule has 0 radical (unpaired) electrons. The molecule has 0 aliphatic heterocycles. The van der Waals surface area contributed by atoms with Crippen molar-refractivity contribution in [2.75, 3.05) is 26.0 Å². The molecule has 0 fully saturated rings. The standard InChI is InChI=1S/C17H18N4O2S2/c1-11-19-15-16(25-11)14(12-6-4-3-5-7-12)20-21-17(15)24-10-13(22)18-8-9-23-2/h3-7H,8-10H2,1-2H3,(H,18,22). The van der Waals surface area contributed by atoms with Crippen molar-refractivity contribution in [1.82, 2.24) is 20.5 Å². The highest BCUT2D eigenvalue weighted by Gasteiger charge is 2.16. The van der Waals surface area contributed by atoms with Crippen LogP contribution in [0.4, 0.5) is 0 Å². The molecule has 0 unspecified atom stereocenters. The number of carbonyl (C=O) groups excluding carboxylic acids is 1. The Labute approximate surface area is 154 Å². The SMILES string of the molecule is COCCNC(=O)CSc1nnc(-c2ccccc2)c2sc(C)nc12. The summed E-state index contributed by atoms with van der Waals surface area (Å²) in [6.45, 7) is 2.96. The van der Waals surface area contributed by atoms with Crippen LogP contribution in [-0.4, -0.2) is 47.1 Å². The molecule has 0 aliphatic carbocycles. The number of amides is 1. The van der Waals surface area contributed by atoms with E-state index in [1.54, 1.807) is 18.4 Å². The maximum atomic E-state index is 11.9. The molecule has 2 heterocycles. The molecule has 0 spiro atoms. The lowest BCUT2D eigenvalue weighted by atomic mass is 10.1. The maximum absolute atomic E-state index is 11.9. The molecule has 1 aromatic carbocycles. The average Bonchev–Trinajstić information content (AvgIpc) is 3.02. The van der Waals surface area contributed by atoms with Crippen LogP contribution in [0.5, 0.6) is 0 Å². The molecular weight excluding hydrogens is 356 g/mol. The summed E-state index contributed by atoms with van der Waals surface area (Å²) in [5.74, 6) is 0.213. The molecular formula is C17H18N4O2S2. The van der Waals surface area contributed by atoms with Crippen LogP contribution in [0.3, 0.4) is 0 Å². The Hall–Kier alpha value is -2.03. The summed E-state index contributed by atoms with van der Waals surface area (Å²) in [6, 6.07) is 9.94. The number of thiazole rings is 1. The highest BCUT2D eigenvalue weighted by Crippen LogP contribution is 2.35. The van der Waals surface area contributed by atoms with Crippen molar-refractivity contribution in [3.05, 3.63) is 35.3 Å². The predicted octanol–water partition coefficient (Wildman–Crippen LogP) is 2.92. The number of carbonyl (C=O) groups is 1. The predicted molar refractivity (Wildman–Crippen MR) is 101 cm³/mol. The summed E-state index contributed by atoms with van der Waals surface area (Å²) in [7, 11) is 1.60. The number of benzene rings is 1. The lowest BCUT2D eigenvalue weighted by Gasteiger charge is -2.06. The second-order valence-electron chi connectivity index (χ2n) is 5.26. The van der Waals surface area contributed by atoms with E-state index < -0.39 is 0 Å². The van der Waals surface area contributed by atoms with E-state index in [1.807, 2.05) is 37.3 Å². The first kappa shape index (κ1) is 17.8. The van der Waals surface area contributed by atoms with Crippen molar-refractivity contribution in [1.29, 1.82) is 0 Å². The van der Waals surface area contributed by atoms with Crippen LogP contribution < -0.4 is 5.32 Å². The summed E-state index contributed by atoms with van der Waals surface area (Å²) in [6.07, 6.45) is 0. The molecule has 0 atom stereocenters. The highest BCUT2D eigenvalue weighted by molar-refractivity contribution is 8.00. The first-order valence-electron chi connectivity index (χ1n) is 7.76. The quantitative estimate of drug-likeness (QED) is 0.506. The van der Waals surface area contributed by atoms with Crippen LogP contribution in [0.1, 0.15) is 5.01 Å². The molecule has 6 nitrogen and oxygen atoms in total. The van der Waals surface area contributed by atoms with Gasteiger partial charge in [-0.1, -0.05) is 42.1 Å². The number of hydrogen-bond acceptors (Lipinski definition) is 7. The van der Waals surface area contributed by atoms with E-state index in [-0.39, 0.29) is 11.7 Å². The molecule has 0 aliphatic rings. The topological polar surface area (TPSA) is 77.0 Å². The second kappa shape index (κ2) is 8.37. The Balaban J connectivity index is 1.82. The van der Waals surface area contributed by atoms with Gasteiger partial charge in [0.25, 0.3) is 0 Å². The van der Waals surface area contributed by atoms with E-state index >= 15 is 0 Å². The fraction of sp³-hybridized carbons (Fsp3) is 0.294. The number of aromatic nitrogens is 3. The Morgan fingerprint density at radius 3 is 2.84 bits per heavy atom. The largest absolute Gasteiger partial charge is 0.383 e. The Bertz CT molecular complexity index is 868. The zero-order chi connectivity index (χ0) is 17.6. The zero-order valence-electron chi connectivity index (χ0n) is 14.0. The van der Waals surface area contributed by atoms with Gasteiger partial charge in [0, 0.05) is 19.2 Å². The fourth-order valence-corrected chi connectivity index (χ4v) is 4.02. The summed E-state index contributed by atoms with van der Waals surface area (Å²) in [5, 5.41) is 13.1. The molecule has 0 saturated heterocycles. The highest BCUT2D eigenvalue weighted by atomic mass is 32.2. The third-order valence-corrected chi connectivity index (χ3v) is 5.34. The van der Waals surface area contributed by atoms with Gasteiger partial charge in [-0.2, -0.15) is 0 Å². The molecule has 1 N–H and O–H groups in total. The van der Waals surface area contributed by atoms with E-state index in [1.165, 1.54) is 11.8 Å². The van der Waals surface area contributed by atoms with Crippen LogP contribution in [0.2, 0.25) is 0 Å². The monoisotopic (exact) mass is 374 g/mol. The number of fused-ring (bicyclic) bond motifs is 1. The summed E-state index contributed by atoms with van der Waals surface area (Å²) in [4.78, 5) is 16.5. The van der Waals surface area contributed by atoms with E-state index in [2.05, 4.69) is 20.5 Å². The molecule has 130 valence electrons. The van der Waals surface area contributed by atoms with Crippen LogP contribution in [-0.2, 0) is 9.53 Å². The van der Waals surface area contributed by atoms with Crippen molar-refractivity contribution in [2.24, 2.45) is 0 Å². The number of hydrogen-bond donors (Lipinski definition) is 1. The number of nitrogens with zero attached hydrogens (tertiary/aromatic N) is 3. The van der Waals surface area contributed by atoms with Gasteiger partial charge in [-0.15, -0.1) is 21.5 Å². The average molecular weight is 374 g/mol. The van der Waals surface area contributed by atoms with Gasteiger partial charge in [0.05, 0.1) is 22.1 Å². The smallest absolute Gasteiger partial charge is 0.230 e. The molecule has 3 rings (SSSR count). The van der Waals surface area contributed by atoms with E-state index in [0.29, 0.717) is 18.2 Å². The van der Waals surface area contributed by atoms with Gasteiger partial charge in [-0.3, -0.25) is 4.79 Å². The number of methoxy groups -OCH3 is 1. The van der Waals surface area contributed by atoms with Crippen LogP contribution >= 0.6 is 23.1 Å². The van der Waals surface area contributed by atoms with Crippen LogP contribution in [0.15, 0.2) is 35.4 Å². The maximum Gasteiger partial charge on any atom is 0.230 e. The molecule has 0 bridgehead atoms. The van der Waals surface area contributed by atoms with Gasteiger partial charge in [0.15, 0.2) is 0 Å². The minimum absolute atomic E-state index is 0.0592. The van der Waals surface area contributed by atoms with Gasteiger partial charge >= 0.3 is 0 Å². The van der Waals surface area contributed by atoms with E-state index in [0.717, 1.165) is 26.5 Å². The van der Waals surface area contributed by atoms with Crippen LogP contribution in [0, 0.1) is 6.92 Å². The summed E-state index contributed by atoms with van der Waals surface area (Å²) >= 11 is 2.95. The summed E-state index contributed by atoms with van der Waals surface area (Å²) in [5.41, 5.74) is 2.65. The van der Waals surface area contributed by atoms with Gasteiger partial charge in [-0.25, -0.2) is 4.98 Å². The minimum Gasteiger partial charge on any atom is -0.383 e. The molecule has 1 amide bonds.